The molecule has 1 fully saturated rings. The molecule has 0 aromatic heterocycles. The number of carbonyl (C=O) groups excluding carboxylic acids is 1. The molecule has 0 spiro atoms. The zero-order valence-electron chi connectivity index (χ0n) is 22.3. The van der Waals surface area contributed by atoms with Crippen molar-refractivity contribution in [1.29, 1.82) is 0 Å². The van der Waals surface area contributed by atoms with Gasteiger partial charge in [-0.25, -0.2) is 0 Å². The van der Waals surface area contributed by atoms with Gasteiger partial charge >= 0.3 is 0 Å². The van der Waals surface area contributed by atoms with Crippen LogP contribution in [0.3, 0.4) is 0 Å². The van der Waals surface area contributed by atoms with E-state index in [4.69, 9.17) is 16.3 Å². The summed E-state index contributed by atoms with van der Waals surface area (Å²) in [5.41, 5.74) is 4.45. The van der Waals surface area contributed by atoms with Crippen LogP contribution >= 0.6 is 23.5 Å². The van der Waals surface area contributed by atoms with Crippen molar-refractivity contribution in [2.45, 2.75) is 71.1 Å². The Bertz CT molecular complexity index is 1090. The Balaban J connectivity index is 1.46. The molecule has 200 valence electrons. The predicted molar refractivity (Wildman–Crippen MR) is 156 cm³/mol. The minimum Gasteiger partial charge on any atom is -0.491 e. The van der Waals surface area contributed by atoms with Crippen molar-refractivity contribution in [3.8, 4) is 5.75 Å². The first kappa shape index (κ1) is 26.7. The summed E-state index contributed by atoms with van der Waals surface area (Å²) in [5.74, 6) is 4.24. The van der Waals surface area contributed by atoms with Gasteiger partial charge in [-0.2, -0.15) is 0 Å². The average molecular weight is 541 g/mol. The molecule has 1 amide bonds. The molecule has 2 heterocycles. The predicted octanol–water partition coefficient (Wildman–Crippen LogP) is 7.89. The molecule has 1 saturated carbocycles. The van der Waals surface area contributed by atoms with E-state index in [9.17, 15) is 4.79 Å². The van der Waals surface area contributed by atoms with Gasteiger partial charge in [0.25, 0.3) is 5.91 Å². The molecular weight excluding hydrogens is 500 g/mol. The first-order valence-corrected chi connectivity index (χ1v) is 15.6. The molecule has 3 aliphatic rings. The fourth-order valence-electron chi connectivity index (χ4n) is 6.29. The number of carbonyl (C=O) groups is 1. The lowest BCUT2D eigenvalue weighted by Crippen LogP contribution is -2.40. The summed E-state index contributed by atoms with van der Waals surface area (Å²) < 4.78 is 9.55. The molecule has 4 nitrogen and oxygen atoms in total. The van der Waals surface area contributed by atoms with Crippen LogP contribution in [0.4, 0.5) is 5.69 Å². The molecule has 2 aromatic carbocycles. The second-order valence-electron chi connectivity index (χ2n) is 11.4. The summed E-state index contributed by atoms with van der Waals surface area (Å²) in [5, 5.41) is 0.801. The summed E-state index contributed by atoms with van der Waals surface area (Å²) >= 11 is 7.94. The van der Waals surface area contributed by atoms with Crippen molar-refractivity contribution in [3.63, 3.8) is 0 Å². The molecule has 5 rings (SSSR count). The van der Waals surface area contributed by atoms with Gasteiger partial charge in [0.1, 0.15) is 5.75 Å². The summed E-state index contributed by atoms with van der Waals surface area (Å²) in [6.07, 6.45) is 9.96. The first-order chi connectivity index (χ1) is 18.0. The third kappa shape index (κ3) is 6.42. The molecule has 1 aliphatic carbocycles. The molecule has 2 aliphatic heterocycles. The van der Waals surface area contributed by atoms with Gasteiger partial charge in [-0.3, -0.25) is 9.52 Å². The second kappa shape index (κ2) is 12.3. The summed E-state index contributed by atoms with van der Waals surface area (Å²) in [6, 6.07) is 12.3. The number of hydrogen-bond donors (Lipinski definition) is 1. The molecule has 0 saturated heterocycles. The van der Waals surface area contributed by atoms with E-state index in [1.165, 1.54) is 49.7 Å². The molecule has 0 radical (unpaired) electrons. The van der Waals surface area contributed by atoms with Gasteiger partial charge in [-0.1, -0.05) is 57.2 Å². The Morgan fingerprint density at radius 1 is 1.05 bits per heavy atom. The van der Waals surface area contributed by atoms with Gasteiger partial charge in [-0.05, 0) is 96.8 Å². The molecule has 1 N–H and O–H groups in total. The molecular formula is C31H41ClN2O2S. The Labute approximate surface area is 232 Å². The van der Waals surface area contributed by atoms with E-state index in [0.29, 0.717) is 24.0 Å². The maximum Gasteiger partial charge on any atom is 0.261 e. The zero-order chi connectivity index (χ0) is 25.8. The molecule has 6 heteroatoms. The van der Waals surface area contributed by atoms with Crippen LogP contribution in [0, 0.1) is 17.8 Å². The minimum absolute atomic E-state index is 0.0164. The Kier molecular flexibility index (Phi) is 8.92. The quantitative estimate of drug-likeness (QED) is 0.402. The maximum absolute atomic E-state index is 13.0. The molecule has 4 unspecified atom stereocenters. The standard InChI is InChI=1S/C31H41ClN2O2S/c1-3-6-23-15-27(32)12-13-28(23)26-18-34-17-25-10-9-22(25)8-5-4-7-21(2)20-37-33-31(35)24-11-14-30(36-19-26)29(34)16-24/h11-16,21-22,25-26H,3-10,17-20H2,1-2H3,(H,33,35). The molecule has 2 aromatic rings. The number of ether oxygens (including phenoxy) is 1. The second-order valence-corrected chi connectivity index (χ2v) is 12.7. The van der Waals surface area contributed by atoms with Crippen molar-refractivity contribution >= 4 is 35.1 Å². The summed E-state index contributed by atoms with van der Waals surface area (Å²) in [7, 11) is 0. The fraction of sp³-hybridized carbons (Fsp3) is 0.581. The number of halogens is 1. The summed E-state index contributed by atoms with van der Waals surface area (Å²) in [4.78, 5) is 15.6. The number of amides is 1. The van der Waals surface area contributed by atoms with Crippen LogP contribution < -0.4 is 14.4 Å². The van der Waals surface area contributed by atoms with Crippen molar-refractivity contribution < 1.29 is 9.53 Å². The van der Waals surface area contributed by atoms with E-state index in [-0.39, 0.29) is 11.8 Å². The maximum atomic E-state index is 13.0. The van der Waals surface area contributed by atoms with Crippen molar-refractivity contribution in [2.75, 3.05) is 30.3 Å². The van der Waals surface area contributed by atoms with Gasteiger partial charge in [0.2, 0.25) is 0 Å². The van der Waals surface area contributed by atoms with Gasteiger partial charge in [0.05, 0.1) is 12.3 Å². The van der Waals surface area contributed by atoms with E-state index >= 15 is 0 Å². The number of fused-ring (bicyclic) bond motifs is 2. The van der Waals surface area contributed by atoms with Crippen LogP contribution in [-0.4, -0.2) is 31.4 Å². The van der Waals surface area contributed by atoms with Crippen LogP contribution in [0.5, 0.6) is 5.75 Å². The lowest BCUT2D eigenvalue weighted by Gasteiger charge is -2.41. The van der Waals surface area contributed by atoms with E-state index < -0.39 is 0 Å². The van der Waals surface area contributed by atoms with Crippen LogP contribution in [-0.2, 0) is 6.42 Å². The lowest BCUT2D eigenvalue weighted by atomic mass is 9.70. The fourth-order valence-corrected chi connectivity index (χ4v) is 7.27. The van der Waals surface area contributed by atoms with Crippen molar-refractivity contribution in [1.82, 2.24) is 4.72 Å². The number of rotatable bonds is 3. The van der Waals surface area contributed by atoms with Crippen LogP contribution in [0.2, 0.25) is 5.02 Å². The number of anilines is 1. The zero-order valence-corrected chi connectivity index (χ0v) is 23.9. The van der Waals surface area contributed by atoms with Gasteiger partial charge in [0.15, 0.2) is 0 Å². The highest BCUT2D eigenvalue weighted by Crippen LogP contribution is 2.43. The normalized spacial score (nSPS) is 26.8. The van der Waals surface area contributed by atoms with E-state index in [1.807, 2.05) is 18.2 Å². The number of nitrogens with zero attached hydrogens (tertiary/aromatic N) is 1. The molecule has 2 bridgehead atoms. The number of nitrogens with one attached hydrogen (secondary N) is 1. The topological polar surface area (TPSA) is 41.6 Å². The Hall–Kier alpha value is -1.85. The Morgan fingerprint density at radius 3 is 2.70 bits per heavy atom. The highest BCUT2D eigenvalue weighted by atomic mass is 35.5. The van der Waals surface area contributed by atoms with Gasteiger partial charge in [0, 0.05) is 35.3 Å². The van der Waals surface area contributed by atoms with Gasteiger partial charge < -0.3 is 9.64 Å². The highest BCUT2D eigenvalue weighted by molar-refractivity contribution is 7.97. The lowest BCUT2D eigenvalue weighted by molar-refractivity contribution is 0.0984. The first-order valence-electron chi connectivity index (χ1n) is 14.2. The van der Waals surface area contributed by atoms with Crippen molar-refractivity contribution in [2.24, 2.45) is 17.8 Å². The number of hydrogen-bond acceptors (Lipinski definition) is 4. The highest BCUT2D eigenvalue weighted by Gasteiger charge is 2.35. The van der Waals surface area contributed by atoms with E-state index in [0.717, 1.165) is 54.1 Å². The third-order valence-electron chi connectivity index (χ3n) is 8.59. The molecule has 37 heavy (non-hydrogen) atoms. The minimum atomic E-state index is -0.0164. The SMILES string of the molecule is CCCc1cc(Cl)ccc1C1COc2ccc3cc2N(C1)CC1CCC1CCCCC(C)CSNC3=O. The van der Waals surface area contributed by atoms with Crippen LogP contribution in [0.15, 0.2) is 36.4 Å². The van der Waals surface area contributed by atoms with E-state index in [2.05, 4.69) is 41.7 Å². The van der Waals surface area contributed by atoms with E-state index in [1.54, 1.807) is 11.9 Å². The van der Waals surface area contributed by atoms with Crippen LogP contribution in [0.25, 0.3) is 0 Å². The third-order valence-corrected chi connectivity index (χ3v) is 9.89. The number of benzene rings is 2. The van der Waals surface area contributed by atoms with Gasteiger partial charge in [-0.15, -0.1) is 0 Å². The van der Waals surface area contributed by atoms with Crippen molar-refractivity contribution in [3.05, 3.63) is 58.1 Å². The summed E-state index contributed by atoms with van der Waals surface area (Å²) in [6.45, 7) is 7.08. The Morgan fingerprint density at radius 2 is 1.89 bits per heavy atom. The molecule has 4 atom stereocenters. The number of aryl methyl sites for hydroxylation is 1. The largest absolute Gasteiger partial charge is 0.491 e. The average Bonchev–Trinajstić information content (AvgIpc) is 3.05. The van der Waals surface area contributed by atoms with Crippen LogP contribution in [0.1, 0.15) is 86.2 Å². The monoisotopic (exact) mass is 540 g/mol. The smallest absolute Gasteiger partial charge is 0.261 e.